The molecule has 0 radical (unpaired) electrons. The smallest absolute Gasteiger partial charge is 0.241 e. The van der Waals surface area contributed by atoms with Crippen molar-refractivity contribution in [1.82, 2.24) is 10.2 Å². The van der Waals surface area contributed by atoms with Gasteiger partial charge in [0.15, 0.2) is 0 Å². The average molecular weight is 375 g/mol. The number of amides is 1. The minimum Gasteiger partial charge on any atom is -0.384 e. The van der Waals surface area contributed by atoms with Gasteiger partial charge in [0.2, 0.25) is 5.91 Å². The quantitative estimate of drug-likeness (QED) is 0.534. The molecule has 0 aromatic carbocycles. The first-order chi connectivity index (χ1) is 9.92. The summed E-state index contributed by atoms with van der Waals surface area (Å²) in [5, 5.41) is 3.29. The van der Waals surface area contributed by atoms with Gasteiger partial charge in [-0.15, -0.1) is 24.8 Å². The molecule has 140 valence electrons. The third kappa shape index (κ3) is 5.16. The molecule has 0 spiro atoms. The van der Waals surface area contributed by atoms with Gasteiger partial charge in [-0.25, -0.2) is 0 Å². The second-order valence-corrected chi connectivity index (χ2v) is 5.80. The molecule has 1 aliphatic heterocycles. The van der Waals surface area contributed by atoms with E-state index in [2.05, 4.69) is 10.2 Å². The van der Waals surface area contributed by atoms with Gasteiger partial charge < -0.3 is 26.3 Å². The van der Waals surface area contributed by atoms with Gasteiger partial charge in [0, 0.05) is 52.4 Å². The van der Waals surface area contributed by atoms with Crippen molar-refractivity contribution in [1.29, 1.82) is 0 Å². The predicted octanol–water partition coefficient (Wildman–Crippen LogP) is -0.396. The van der Waals surface area contributed by atoms with Crippen molar-refractivity contribution in [3.8, 4) is 0 Å². The Morgan fingerprint density at radius 1 is 1.26 bits per heavy atom. The van der Waals surface area contributed by atoms with Gasteiger partial charge in [0.25, 0.3) is 0 Å². The summed E-state index contributed by atoms with van der Waals surface area (Å²) in [5.41, 5.74) is 11.0. The summed E-state index contributed by atoms with van der Waals surface area (Å²) >= 11 is 0. The van der Waals surface area contributed by atoms with Crippen LogP contribution in [0.3, 0.4) is 0 Å². The summed E-state index contributed by atoms with van der Waals surface area (Å²) < 4.78 is 10.9. The van der Waals surface area contributed by atoms with Crippen LogP contribution < -0.4 is 16.8 Å². The fraction of sp³-hybridized carbons (Fsp3) is 0.929. The summed E-state index contributed by atoms with van der Waals surface area (Å²) in [6.45, 7) is 7.29. The molecule has 1 amide bonds. The van der Waals surface area contributed by atoms with Crippen LogP contribution in [0.2, 0.25) is 0 Å². The van der Waals surface area contributed by atoms with Crippen LogP contribution in [0.5, 0.6) is 0 Å². The van der Waals surface area contributed by atoms with Gasteiger partial charge in [-0.2, -0.15) is 0 Å². The first-order valence-corrected chi connectivity index (χ1v) is 7.45. The maximum atomic E-state index is 12.5. The van der Waals surface area contributed by atoms with Crippen LogP contribution in [0.4, 0.5) is 0 Å². The molecule has 4 atom stereocenters. The molecule has 0 aliphatic carbocycles. The minimum atomic E-state index is -0.971. The zero-order chi connectivity index (χ0) is 16.0. The predicted molar refractivity (Wildman–Crippen MR) is 96.4 cm³/mol. The molecule has 0 saturated carbocycles. The third-order valence-electron chi connectivity index (χ3n) is 4.37. The summed E-state index contributed by atoms with van der Waals surface area (Å²) in [4.78, 5) is 14.6. The Hall–Kier alpha value is -0.150. The Morgan fingerprint density at radius 3 is 2.13 bits per heavy atom. The standard InChI is InChI=1S/C14H30N4O3.2ClH/c1-10(9-20-3)14(13(16)19,12(21-4)11(2)15)18-7-5-17-6-8-18;;/h10-12,17H,5-9,15H2,1-4H3,(H2,16,19);2*1H. The SMILES string of the molecule is COCC(C)C(C(N)=O)(C(OC)C(C)N)N1CCNCC1.Cl.Cl. The number of halogens is 2. The summed E-state index contributed by atoms with van der Waals surface area (Å²) in [7, 11) is 3.20. The van der Waals surface area contributed by atoms with E-state index in [4.69, 9.17) is 20.9 Å². The summed E-state index contributed by atoms with van der Waals surface area (Å²) in [6.07, 6.45) is -0.488. The van der Waals surface area contributed by atoms with Crippen molar-refractivity contribution in [2.75, 3.05) is 47.0 Å². The topological polar surface area (TPSA) is 103 Å². The molecule has 1 heterocycles. The number of methoxy groups -OCH3 is 2. The van der Waals surface area contributed by atoms with E-state index >= 15 is 0 Å². The summed E-state index contributed by atoms with van der Waals surface area (Å²) in [6, 6.07) is -0.323. The highest BCUT2D eigenvalue weighted by Gasteiger charge is 2.54. The van der Waals surface area contributed by atoms with Crippen molar-refractivity contribution >= 4 is 30.7 Å². The Morgan fingerprint density at radius 2 is 1.78 bits per heavy atom. The van der Waals surface area contributed by atoms with Crippen molar-refractivity contribution in [2.24, 2.45) is 17.4 Å². The molecule has 1 aliphatic rings. The highest BCUT2D eigenvalue weighted by Crippen LogP contribution is 2.33. The maximum absolute atomic E-state index is 12.5. The molecule has 4 unspecified atom stereocenters. The molecule has 0 bridgehead atoms. The van der Waals surface area contributed by atoms with Crippen LogP contribution >= 0.6 is 24.8 Å². The van der Waals surface area contributed by atoms with E-state index < -0.39 is 17.6 Å². The molecule has 1 rings (SSSR count). The molecular weight excluding hydrogens is 343 g/mol. The van der Waals surface area contributed by atoms with E-state index in [9.17, 15) is 4.79 Å². The van der Waals surface area contributed by atoms with Crippen LogP contribution in [0, 0.1) is 5.92 Å². The minimum absolute atomic E-state index is 0. The van der Waals surface area contributed by atoms with E-state index in [1.807, 2.05) is 13.8 Å². The van der Waals surface area contributed by atoms with Crippen LogP contribution in [0.25, 0.3) is 0 Å². The van der Waals surface area contributed by atoms with Crippen molar-refractivity contribution in [2.45, 2.75) is 31.5 Å². The van der Waals surface area contributed by atoms with Crippen LogP contribution in [0.15, 0.2) is 0 Å². The zero-order valence-corrected chi connectivity index (χ0v) is 16.0. The molecule has 1 fully saturated rings. The third-order valence-corrected chi connectivity index (χ3v) is 4.37. The van der Waals surface area contributed by atoms with Gasteiger partial charge in [-0.05, 0) is 6.92 Å². The number of nitrogens with zero attached hydrogens (tertiary/aromatic N) is 1. The zero-order valence-electron chi connectivity index (χ0n) is 14.4. The largest absolute Gasteiger partial charge is 0.384 e. The van der Waals surface area contributed by atoms with Gasteiger partial charge in [-0.3, -0.25) is 9.69 Å². The van der Waals surface area contributed by atoms with Crippen LogP contribution in [-0.2, 0) is 14.3 Å². The average Bonchev–Trinajstić information content (AvgIpc) is 2.44. The number of carbonyl (C=O) groups excluding carboxylic acids is 1. The fourth-order valence-electron chi connectivity index (χ4n) is 3.52. The molecule has 7 nitrogen and oxygen atoms in total. The monoisotopic (exact) mass is 374 g/mol. The molecule has 1 saturated heterocycles. The van der Waals surface area contributed by atoms with Gasteiger partial charge in [0.05, 0.1) is 12.7 Å². The number of ether oxygens (including phenoxy) is 2. The molecule has 23 heavy (non-hydrogen) atoms. The van der Waals surface area contributed by atoms with Crippen LogP contribution in [-0.4, -0.2) is 75.5 Å². The van der Waals surface area contributed by atoms with Gasteiger partial charge >= 0.3 is 0 Å². The number of hydrogen-bond donors (Lipinski definition) is 3. The lowest BCUT2D eigenvalue weighted by molar-refractivity contribution is -0.155. The Kier molecular flexibility index (Phi) is 12.5. The highest BCUT2D eigenvalue weighted by atomic mass is 35.5. The number of nitrogens with two attached hydrogens (primary N) is 2. The number of piperazine rings is 1. The first kappa shape index (κ1) is 25.1. The van der Waals surface area contributed by atoms with Gasteiger partial charge in [0.1, 0.15) is 5.54 Å². The highest BCUT2D eigenvalue weighted by molar-refractivity contribution is 5.86. The number of primary amides is 1. The second kappa shape index (κ2) is 11.4. The lowest BCUT2D eigenvalue weighted by atomic mass is 9.75. The number of nitrogens with one attached hydrogen (secondary N) is 1. The maximum Gasteiger partial charge on any atom is 0.241 e. The van der Waals surface area contributed by atoms with E-state index in [1.165, 1.54) is 0 Å². The summed E-state index contributed by atoms with van der Waals surface area (Å²) in [5.74, 6) is -0.535. The van der Waals surface area contributed by atoms with Crippen LogP contribution in [0.1, 0.15) is 13.8 Å². The number of carbonyl (C=O) groups is 1. The van der Waals surface area contributed by atoms with Gasteiger partial charge in [-0.1, -0.05) is 6.92 Å². The Labute approximate surface area is 151 Å². The lowest BCUT2D eigenvalue weighted by Gasteiger charge is -2.51. The number of rotatable bonds is 8. The van der Waals surface area contributed by atoms with E-state index in [1.54, 1.807) is 14.2 Å². The molecule has 5 N–H and O–H groups in total. The van der Waals surface area contributed by atoms with Crippen molar-refractivity contribution < 1.29 is 14.3 Å². The fourth-order valence-corrected chi connectivity index (χ4v) is 3.52. The lowest BCUT2D eigenvalue weighted by Crippen LogP contribution is -2.74. The molecule has 9 heteroatoms. The number of hydrogen-bond acceptors (Lipinski definition) is 6. The molecule has 0 aromatic rings. The second-order valence-electron chi connectivity index (χ2n) is 5.80. The Balaban J connectivity index is 0. The van der Waals surface area contributed by atoms with Crippen molar-refractivity contribution in [3.63, 3.8) is 0 Å². The van der Waals surface area contributed by atoms with E-state index in [0.29, 0.717) is 6.61 Å². The van der Waals surface area contributed by atoms with E-state index in [-0.39, 0.29) is 36.8 Å². The normalized spacial score (nSPS) is 22.0. The van der Waals surface area contributed by atoms with Crippen molar-refractivity contribution in [3.05, 3.63) is 0 Å². The first-order valence-electron chi connectivity index (χ1n) is 7.45. The molecule has 0 aromatic heterocycles. The van der Waals surface area contributed by atoms with E-state index in [0.717, 1.165) is 26.2 Å². The molecular formula is C14H32Cl2N4O3. The Bertz CT molecular complexity index is 344.